The van der Waals surface area contributed by atoms with E-state index in [4.69, 9.17) is 9.98 Å². The second-order valence-electron chi connectivity index (χ2n) is 12.9. The molecule has 5 heterocycles. The van der Waals surface area contributed by atoms with Gasteiger partial charge in [-0.2, -0.15) is 0 Å². The highest BCUT2D eigenvalue weighted by atomic mass is 32.2. The molecule has 0 spiro atoms. The predicted octanol–water partition coefficient (Wildman–Crippen LogP) is 6.66. The first-order valence-electron chi connectivity index (χ1n) is 16.1. The minimum Gasteiger partial charge on any atom is -0.353 e. The lowest BCUT2D eigenvalue weighted by molar-refractivity contribution is 1.22. The van der Waals surface area contributed by atoms with Crippen molar-refractivity contribution in [3.63, 3.8) is 0 Å². The van der Waals surface area contributed by atoms with Crippen molar-refractivity contribution in [3.8, 4) is 0 Å². The normalized spacial score (nSPS) is 15.2. The van der Waals surface area contributed by atoms with Crippen LogP contribution in [-0.2, 0) is 0 Å². The summed E-state index contributed by atoms with van der Waals surface area (Å²) in [6, 6.07) is 28.3. The van der Waals surface area contributed by atoms with Crippen LogP contribution in [0, 0.1) is 41.5 Å². The molecule has 0 unspecified atom stereocenters. The fraction of sp³-hybridized carbons (Fsp3) is 0.143. The van der Waals surface area contributed by atoms with E-state index in [2.05, 4.69) is 149 Å². The maximum absolute atomic E-state index is 5.46. The van der Waals surface area contributed by atoms with Crippen molar-refractivity contribution in [2.45, 2.75) is 46.4 Å². The van der Waals surface area contributed by atoms with Crippen molar-refractivity contribution in [1.82, 2.24) is 9.97 Å². The number of aromatic nitrogens is 2. The Hall–Kier alpha value is -5.13. The van der Waals surface area contributed by atoms with Gasteiger partial charge < -0.3 is 9.97 Å². The van der Waals surface area contributed by atoms with Crippen LogP contribution in [-0.4, -0.2) is 21.4 Å². The van der Waals surface area contributed by atoms with Gasteiger partial charge >= 0.3 is 0 Å². The Labute approximate surface area is 279 Å². The van der Waals surface area contributed by atoms with Crippen molar-refractivity contribution < 1.29 is 0 Å². The molecule has 8 bridgehead atoms. The summed E-state index contributed by atoms with van der Waals surface area (Å²) in [6.45, 7) is 13.1. The Balaban J connectivity index is 1.50. The zero-order valence-corrected chi connectivity index (χ0v) is 28.4. The number of H-pyrrole nitrogens is 2. The highest BCUT2D eigenvalue weighted by Crippen LogP contribution is 2.38. The number of nitrogens with zero attached hydrogens (tertiary/aromatic N) is 2. The molecule has 4 nitrogen and oxygen atoms in total. The number of fused-ring (bicyclic) bond motifs is 6. The van der Waals surface area contributed by atoms with E-state index in [1.807, 2.05) is 0 Å². The van der Waals surface area contributed by atoms with Crippen LogP contribution < -0.4 is 21.4 Å². The van der Waals surface area contributed by atoms with Crippen LogP contribution in [0.2, 0.25) is 0 Å². The minimum atomic E-state index is 0.918. The van der Waals surface area contributed by atoms with Gasteiger partial charge in [0.1, 0.15) is 0 Å². The van der Waals surface area contributed by atoms with Gasteiger partial charge in [0.05, 0.1) is 33.5 Å². The maximum Gasteiger partial charge on any atom is 0.0884 e. The van der Waals surface area contributed by atoms with Crippen LogP contribution >= 0.6 is 11.8 Å². The molecule has 0 saturated carbocycles. The van der Waals surface area contributed by atoms with E-state index < -0.39 is 0 Å². The molecule has 5 aromatic rings. The number of aromatic amines is 2. The zero-order chi connectivity index (χ0) is 32.4. The molecule has 2 aromatic heterocycles. The quantitative estimate of drug-likeness (QED) is 0.230. The number of thioether (sulfide) groups is 1. The van der Waals surface area contributed by atoms with Gasteiger partial charge in [0.2, 0.25) is 0 Å². The summed E-state index contributed by atoms with van der Waals surface area (Å²) in [4.78, 5) is 20.6. The number of aryl methyl sites for hydroxylation is 6. The van der Waals surface area contributed by atoms with E-state index in [0.717, 1.165) is 60.3 Å². The van der Waals surface area contributed by atoms with Gasteiger partial charge in [0.25, 0.3) is 0 Å². The van der Waals surface area contributed by atoms with Gasteiger partial charge in [-0.05, 0) is 130 Å². The van der Waals surface area contributed by atoms with Crippen LogP contribution in [0.25, 0.3) is 22.5 Å². The van der Waals surface area contributed by atoms with Gasteiger partial charge in [-0.25, -0.2) is 9.98 Å². The summed E-state index contributed by atoms with van der Waals surface area (Å²) < 4.78 is 0. The van der Waals surface area contributed by atoms with E-state index in [1.54, 1.807) is 11.8 Å². The molecule has 0 aliphatic carbocycles. The maximum atomic E-state index is 5.46. The van der Waals surface area contributed by atoms with Crippen molar-refractivity contribution >= 4 is 45.7 Å². The summed E-state index contributed by atoms with van der Waals surface area (Å²) in [6.07, 6.45) is 6.52. The fourth-order valence-corrected chi connectivity index (χ4v) is 8.33. The van der Waals surface area contributed by atoms with E-state index >= 15 is 0 Å². The van der Waals surface area contributed by atoms with E-state index in [9.17, 15) is 0 Å². The second kappa shape index (κ2) is 11.3. The molecule has 0 saturated heterocycles. The summed E-state index contributed by atoms with van der Waals surface area (Å²) >= 11 is 1.76. The molecule has 2 N–H and O–H groups in total. The second-order valence-corrected chi connectivity index (χ2v) is 14.0. The Morgan fingerprint density at radius 1 is 0.532 bits per heavy atom. The topological polar surface area (TPSA) is 56.3 Å². The molecule has 0 fully saturated rings. The molecule has 0 amide bonds. The largest absolute Gasteiger partial charge is 0.353 e. The van der Waals surface area contributed by atoms with Crippen LogP contribution in [0.15, 0.2) is 117 Å². The van der Waals surface area contributed by atoms with E-state index in [1.165, 1.54) is 49.4 Å². The molecular formula is C42H36N4S. The van der Waals surface area contributed by atoms with Crippen LogP contribution in [0.5, 0.6) is 0 Å². The highest BCUT2D eigenvalue weighted by molar-refractivity contribution is 8.04. The molecule has 8 rings (SSSR count). The first kappa shape index (κ1) is 29.3. The molecule has 230 valence electrons. The minimum absolute atomic E-state index is 0.918. The van der Waals surface area contributed by atoms with Crippen molar-refractivity contribution in [1.29, 1.82) is 0 Å². The smallest absolute Gasteiger partial charge is 0.0884 e. The molecular weight excluding hydrogens is 593 g/mol. The number of allylic oxidation sites excluding steroid dienone is 2. The van der Waals surface area contributed by atoms with Gasteiger partial charge in [0, 0.05) is 31.6 Å². The average molecular weight is 629 g/mol. The average Bonchev–Trinajstić information content (AvgIpc) is 3.84. The first-order valence-corrected chi connectivity index (χ1v) is 16.9. The lowest BCUT2D eigenvalue weighted by Gasteiger charge is -2.17. The van der Waals surface area contributed by atoms with Gasteiger partial charge in [-0.15, -0.1) is 0 Å². The van der Waals surface area contributed by atoms with E-state index in [-0.39, 0.29) is 0 Å². The first-order chi connectivity index (χ1) is 22.7. The Bertz CT molecular complexity index is 2490. The number of nitrogens with one attached hydrogen (secondary N) is 2. The summed E-state index contributed by atoms with van der Waals surface area (Å²) in [7, 11) is 0. The Morgan fingerprint density at radius 3 is 1.68 bits per heavy atom. The molecule has 0 radical (unpaired) electrons. The lowest BCUT2D eigenvalue weighted by Crippen LogP contribution is -2.21. The lowest BCUT2D eigenvalue weighted by atomic mass is 9.90. The van der Waals surface area contributed by atoms with Crippen LogP contribution in [0.4, 0.5) is 0 Å². The zero-order valence-electron chi connectivity index (χ0n) is 27.5. The molecule has 3 aliphatic heterocycles. The third kappa shape index (κ3) is 5.12. The van der Waals surface area contributed by atoms with Crippen molar-refractivity contribution in [3.05, 3.63) is 168 Å². The number of hydrogen-bond acceptors (Lipinski definition) is 3. The number of rotatable bonds is 4. The molecule has 5 heteroatoms. The third-order valence-corrected chi connectivity index (χ3v) is 10.2. The van der Waals surface area contributed by atoms with Crippen molar-refractivity contribution in [2.24, 2.45) is 9.98 Å². The summed E-state index contributed by atoms with van der Waals surface area (Å²) in [5, 5.41) is 4.02. The SMILES string of the molecule is Cc1cc(C)c(C2=c3ccc([nH]3)=C3C=C(Sc4ccccc4)C(=N3)C(c3c(C)cc(C)cc3C)=c3ccc([nH]3)=C3C=CC2=N3)c(C)c1. The van der Waals surface area contributed by atoms with Gasteiger partial charge in [-0.3, -0.25) is 0 Å². The van der Waals surface area contributed by atoms with Crippen molar-refractivity contribution in [2.75, 3.05) is 0 Å². The molecule has 3 aromatic carbocycles. The van der Waals surface area contributed by atoms with Gasteiger partial charge in [-0.1, -0.05) is 65.4 Å². The molecule has 47 heavy (non-hydrogen) atoms. The fourth-order valence-electron chi connectivity index (χ4n) is 7.37. The van der Waals surface area contributed by atoms with Crippen LogP contribution in [0.1, 0.15) is 44.5 Å². The third-order valence-electron chi connectivity index (χ3n) is 9.15. The number of aliphatic imine (C=N–C) groups is 2. The predicted molar refractivity (Wildman–Crippen MR) is 198 cm³/mol. The van der Waals surface area contributed by atoms with Gasteiger partial charge in [0.15, 0.2) is 0 Å². The number of hydrogen-bond donors (Lipinski definition) is 2. The monoisotopic (exact) mass is 628 g/mol. The summed E-state index contributed by atoms with van der Waals surface area (Å²) in [5.41, 5.74) is 15.8. The van der Waals surface area contributed by atoms with Crippen LogP contribution in [0.3, 0.4) is 0 Å². The Morgan fingerprint density at radius 2 is 1.06 bits per heavy atom. The van der Waals surface area contributed by atoms with E-state index in [0.29, 0.717) is 0 Å². The molecule has 3 aliphatic rings. The summed E-state index contributed by atoms with van der Waals surface area (Å²) in [5.74, 6) is 0. The Kier molecular flexibility index (Phi) is 7.03. The highest BCUT2D eigenvalue weighted by Gasteiger charge is 2.26. The number of benzene rings is 3. The standard InChI is InChI=1S/C42H36N4S/c1-23-18-25(3)38(26(4)19-23)40-33-15-12-30(43-33)31-13-17-35(44-31)41(39-27(5)20-24(2)21-28(39)6)42-37(47-29-10-8-7-9-11-29)22-36(46-42)32-14-16-34(40)45-32/h7-22,44-45H,1-6H3. The molecule has 0 atom stereocenters.